The topological polar surface area (TPSA) is 39.2 Å². The number of hydrogen-bond donors (Lipinski definition) is 0. The first-order valence-corrected chi connectivity index (χ1v) is 5.64. The Hall–Kier alpha value is -1.22. The van der Waals surface area contributed by atoms with E-state index in [1.165, 1.54) is 0 Å². The highest BCUT2D eigenvalue weighted by molar-refractivity contribution is 6.03. The van der Waals surface area contributed by atoms with Crippen LogP contribution < -0.4 is 0 Å². The summed E-state index contributed by atoms with van der Waals surface area (Å²) in [6.07, 6.45) is 3.97. The van der Waals surface area contributed by atoms with E-state index in [1.54, 1.807) is 12.4 Å². The molecule has 1 heterocycles. The second kappa shape index (κ2) is 5.21. The largest absolute Gasteiger partial charge is 0.367 e. The molecule has 0 amide bonds. The quantitative estimate of drug-likeness (QED) is 0.718. The zero-order chi connectivity index (χ0) is 12.2. The van der Waals surface area contributed by atoms with Gasteiger partial charge in [0.2, 0.25) is 0 Å². The number of aromatic nitrogens is 1. The average Bonchev–Trinajstić information content (AvgIpc) is 2.29. The normalized spacial score (nSPS) is 14.5. The molecule has 0 aliphatic carbocycles. The Labute approximate surface area is 96.8 Å². The van der Waals surface area contributed by atoms with Crippen LogP contribution in [0, 0.1) is 6.92 Å². The van der Waals surface area contributed by atoms with E-state index in [0.29, 0.717) is 18.6 Å². The van der Waals surface area contributed by atoms with E-state index in [-0.39, 0.29) is 5.78 Å². The van der Waals surface area contributed by atoms with Crippen LogP contribution in [0.25, 0.3) is 0 Å². The van der Waals surface area contributed by atoms with Gasteiger partial charge in [0.05, 0.1) is 0 Å². The van der Waals surface area contributed by atoms with E-state index < -0.39 is 5.60 Å². The smallest absolute Gasteiger partial charge is 0.196 e. The van der Waals surface area contributed by atoms with Crippen LogP contribution in [0.3, 0.4) is 0 Å². The Bertz CT molecular complexity index is 376. The Morgan fingerprint density at radius 1 is 1.50 bits per heavy atom. The lowest BCUT2D eigenvalue weighted by Gasteiger charge is -2.27. The number of carbonyl (C=O) groups is 1. The summed E-state index contributed by atoms with van der Waals surface area (Å²) in [4.78, 5) is 16.3. The summed E-state index contributed by atoms with van der Waals surface area (Å²) < 4.78 is 5.57. The molecule has 1 aromatic heterocycles. The lowest BCUT2D eigenvalue weighted by Crippen LogP contribution is -2.38. The van der Waals surface area contributed by atoms with Gasteiger partial charge < -0.3 is 4.74 Å². The number of carbonyl (C=O) groups excluding carboxylic acids is 1. The van der Waals surface area contributed by atoms with E-state index in [2.05, 4.69) is 4.98 Å². The highest BCUT2D eigenvalue weighted by Crippen LogP contribution is 2.22. The van der Waals surface area contributed by atoms with Gasteiger partial charge in [-0.05, 0) is 38.8 Å². The first-order chi connectivity index (χ1) is 7.55. The molecule has 88 valence electrons. The van der Waals surface area contributed by atoms with Gasteiger partial charge in [-0.2, -0.15) is 0 Å². The summed E-state index contributed by atoms with van der Waals surface area (Å²) in [6.45, 7) is 8.15. The minimum atomic E-state index is -0.734. The van der Waals surface area contributed by atoms with Crippen LogP contribution in [-0.4, -0.2) is 23.0 Å². The minimum absolute atomic E-state index is 0.0162. The molecule has 1 atom stereocenters. The lowest BCUT2D eigenvalue weighted by atomic mass is 9.91. The molecule has 0 aliphatic rings. The molecule has 3 nitrogen and oxygen atoms in total. The number of hydrogen-bond acceptors (Lipinski definition) is 3. The Balaban J connectivity index is 3.05. The Morgan fingerprint density at radius 2 is 2.19 bits per heavy atom. The third-order valence-electron chi connectivity index (χ3n) is 2.90. The predicted octanol–water partition coefficient (Wildman–Crippen LogP) is 2.78. The van der Waals surface area contributed by atoms with Gasteiger partial charge in [-0.25, -0.2) is 0 Å². The summed E-state index contributed by atoms with van der Waals surface area (Å²) in [5, 5.41) is 0. The van der Waals surface area contributed by atoms with E-state index in [1.807, 2.05) is 33.8 Å². The third kappa shape index (κ3) is 2.47. The molecule has 1 rings (SSSR count). The van der Waals surface area contributed by atoms with Gasteiger partial charge in [-0.15, -0.1) is 0 Å². The molecule has 0 saturated heterocycles. The molecule has 3 heteroatoms. The first-order valence-electron chi connectivity index (χ1n) is 5.64. The molecule has 1 aromatic rings. The fraction of sp³-hybridized carbons (Fsp3) is 0.538. The minimum Gasteiger partial charge on any atom is -0.367 e. The molecular formula is C13H19NO2. The Morgan fingerprint density at radius 3 is 2.69 bits per heavy atom. The zero-order valence-corrected chi connectivity index (χ0v) is 10.4. The summed E-state index contributed by atoms with van der Waals surface area (Å²) in [5.41, 5.74) is 0.863. The fourth-order valence-electron chi connectivity index (χ4n) is 1.63. The Kier molecular flexibility index (Phi) is 4.19. The van der Waals surface area contributed by atoms with Gasteiger partial charge in [-0.1, -0.05) is 6.92 Å². The molecule has 0 spiro atoms. The summed E-state index contributed by atoms with van der Waals surface area (Å²) in [7, 11) is 0. The van der Waals surface area contributed by atoms with Crippen molar-refractivity contribution < 1.29 is 9.53 Å². The second-order valence-electron chi connectivity index (χ2n) is 4.04. The number of rotatable bonds is 5. The van der Waals surface area contributed by atoms with Crippen LogP contribution in [0.2, 0.25) is 0 Å². The van der Waals surface area contributed by atoms with Gasteiger partial charge >= 0.3 is 0 Å². The zero-order valence-electron chi connectivity index (χ0n) is 10.4. The van der Waals surface area contributed by atoms with Gasteiger partial charge in [0.15, 0.2) is 5.78 Å². The number of nitrogens with zero attached hydrogens (tertiary/aromatic N) is 1. The van der Waals surface area contributed by atoms with Crippen molar-refractivity contribution in [1.82, 2.24) is 4.98 Å². The fourth-order valence-corrected chi connectivity index (χ4v) is 1.63. The lowest BCUT2D eigenvalue weighted by molar-refractivity contribution is -0.0116. The van der Waals surface area contributed by atoms with Crippen molar-refractivity contribution in [2.45, 2.75) is 39.7 Å². The van der Waals surface area contributed by atoms with Crippen molar-refractivity contribution in [3.8, 4) is 0 Å². The summed E-state index contributed by atoms with van der Waals surface area (Å²) >= 11 is 0. The predicted molar refractivity (Wildman–Crippen MR) is 63.6 cm³/mol. The van der Waals surface area contributed by atoms with Gasteiger partial charge in [-0.3, -0.25) is 9.78 Å². The summed E-state index contributed by atoms with van der Waals surface area (Å²) in [6, 6.07) is 1.84. The third-order valence-corrected chi connectivity index (χ3v) is 2.90. The van der Waals surface area contributed by atoms with Crippen molar-refractivity contribution in [2.24, 2.45) is 0 Å². The molecule has 1 unspecified atom stereocenters. The molecule has 0 saturated carbocycles. The van der Waals surface area contributed by atoms with Crippen molar-refractivity contribution >= 4 is 5.78 Å². The second-order valence-corrected chi connectivity index (χ2v) is 4.04. The molecule has 0 aliphatic heterocycles. The van der Waals surface area contributed by atoms with Crippen molar-refractivity contribution in [2.75, 3.05) is 6.61 Å². The van der Waals surface area contributed by atoms with E-state index in [0.717, 1.165) is 5.56 Å². The molecule has 0 radical (unpaired) electrons. The van der Waals surface area contributed by atoms with Crippen LogP contribution in [0.15, 0.2) is 18.5 Å². The maximum absolute atomic E-state index is 12.3. The van der Waals surface area contributed by atoms with Crippen molar-refractivity contribution in [1.29, 1.82) is 0 Å². The SMILES string of the molecule is CCOC(C)(CC)C(=O)c1cnccc1C. The molecular weight excluding hydrogens is 202 g/mol. The number of pyridine rings is 1. The maximum Gasteiger partial charge on any atom is 0.196 e. The monoisotopic (exact) mass is 221 g/mol. The first kappa shape index (κ1) is 12.8. The van der Waals surface area contributed by atoms with Crippen LogP contribution in [0.4, 0.5) is 0 Å². The standard InChI is InChI=1S/C13H19NO2/c1-5-13(4,16-6-2)12(15)11-9-14-8-7-10(11)3/h7-9H,5-6H2,1-4H3. The van der Waals surface area contributed by atoms with Crippen LogP contribution in [-0.2, 0) is 4.74 Å². The number of Topliss-reactive ketones (excluding diaryl/α,β-unsaturated/α-hetero) is 1. The van der Waals surface area contributed by atoms with Crippen molar-refractivity contribution in [3.05, 3.63) is 29.6 Å². The molecule has 0 bridgehead atoms. The van der Waals surface area contributed by atoms with Crippen LogP contribution in [0.1, 0.15) is 43.1 Å². The van der Waals surface area contributed by atoms with Crippen LogP contribution >= 0.6 is 0 Å². The molecule has 0 N–H and O–H groups in total. The molecule has 16 heavy (non-hydrogen) atoms. The van der Waals surface area contributed by atoms with Gasteiger partial charge in [0.1, 0.15) is 5.60 Å². The number of ketones is 1. The number of aryl methyl sites for hydroxylation is 1. The van der Waals surface area contributed by atoms with Crippen LogP contribution in [0.5, 0.6) is 0 Å². The van der Waals surface area contributed by atoms with E-state index in [4.69, 9.17) is 4.74 Å². The average molecular weight is 221 g/mol. The van der Waals surface area contributed by atoms with E-state index in [9.17, 15) is 4.79 Å². The molecule has 0 fully saturated rings. The van der Waals surface area contributed by atoms with Crippen molar-refractivity contribution in [3.63, 3.8) is 0 Å². The highest BCUT2D eigenvalue weighted by atomic mass is 16.5. The van der Waals surface area contributed by atoms with Gasteiger partial charge in [0, 0.05) is 24.6 Å². The summed E-state index contributed by atoms with van der Waals surface area (Å²) in [5.74, 6) is 0.0162. The highest BCUT2D eigenvalue weighted by Gasteiger charge is 2.33. The van der Waals surface area contributed by atoms with E-state index >= 15 is 0 Å². The van der Waals surface area contributed by atoms with Gasteiger partial charge in [0.25, 0.3) is 0 Å². The number of ether oxygens (including phenoxy) is 1. The molecule has 0 aromatic carbocycles. The maximum atomic E-state index is 12.3.